The van der Waals surface area contributed by atoms with Crippen molar-refractivity contribution in [2.45, 2.75) is 50.9 Å². The van der Waals surface area contributed by atoms with Crippen LogP contribution in [0.5, 0.6) is 0 Å². The summed E-state index contributed by atoms with van der Waals surface area (Å²) in [6.45, 7) is 4.19. The van der Waals surface area contributed by atoms with Crippen LogP contribution in [0.3, 0.4) is 0 Å². The van der Waals surface area contributed by atoms with Gasteiger partial charge in [-0.3, -0.25) is 0 Å². The number of aliphatic hydroxyl groups is 1. The van der Waals surface area contributed by atoms with Gasteiger partial charge >= 0.3 is 0 Å². The maximum Gasteiger partial charge on any atom is 0.229 e. The van der Waals surface area contributed by atoms with Crippen LogP contribution in [0.1, 0.15) is 50.1 Å². The Hall–Kier alpha value is -0.550. The Labute approximate surface area is 106 Å². The Morgan fingerprint density at radius 1 is 1.53 bits per heavy atom. The lowest BCUT2D eigenvalue weighted by Gasteiger charge is -2.09. The number of hydrogen-bond donors (Lipinski definition) is 1. The fraction of sp³-hybridized carbons (Fsp3) is 0.833. The highest BCUT2D eigenvalue weighted by Crippen LogP contribution is 2.38. The topological polar surface area (TPSA) is 59.2 Å². The zero-order chi connectivity index (χ0) is 12.3. The predicted molar refractivity (Wildman–Crippen MR) is 67.9 cm³/mol. The van der Waals surface area contributed by atoms with Crippen molar-refractivity contribution >= 4 is 11.8 Å². The van der Waals surface area contributed by atoms with Crippen LogP contribution in [-0.2, 0) is 6.42 Å². The standard InChI is InChI=1S/C12H20N2O2S/c1-8(2)6-9(15)7-11-13-12(14-16-11)10-4-3-5-17-10/h8-10,15H,3-7H2,1-2H3. The molecule has 5 heteroatoms. The molecule has 1 aromatic heterocycles. The van der Waals surface area contributed by atoms with E-state index in [0.717, 1.165) is 18.7 Å². The zero-order valence-corrected chi connectivity index (χ0v) is 11.2. The number of aliphatic hydroxyl groups excluding tert-OH is 1. The second-order valence-electron chi connectivity index (χ2n) is 5.04. The molecule has 0 amide bonds. The Morgan fingerprint density at radius 3 is 3.00 bits per heavy atom. The van der Waals surface area contributed by atoms with Crippen molar-refractivity contribution in [3.8, 4) is 0 Å². The van der Waals surface area contributed by atoms with E-state index in [1.165, 1.54) is 12.2 Å². The fourth-order valence-electron chi connectivity index (χ4n) is 2.09. The van der Waals surface area contributed by atoms with Crippen LogP contribution in [0.25, 0.3) is 0 Å². The van der Waals surface area contributed by atoms with Crippen LogP contribution in [0.15, 0.2) is 4.52 Å². The molecule has 2 unspecified atom stereocenters. The summed E-state index contributed by atoms with van der Waals surface area (Å²) in [5.74, 6) is 3.04. The Morgan fingerprint density at radius 2 is 2.35 bits per heavy atom. The van der Waals surface area contributed by atoms with E-state index in [0.29, 0.717) is 23.5 Å². The van der Waals surface area contributed by atoms with E-state index in [-0.39, 0.29) is 6.10 Å². The van der Waals surface area contributed by atoms with Gasteiger partial charge in [0, 0.05) is 0 Å². The molecule has 0 spiro atoms. The van der Waals surface area contributed by atoms with Gasteiger partial charge in [-0.05, 0) is 30.9 Å². The van der Waals surface area contributed by atoms with E-state index in [1.54, 1.807) is 0 Å². The fourth-order valence-corrected chi connectivity index (χ4v) is 3.29. The van der Waals surface area contributed by atoms with Crippen LogP contribution in [0.2, 0.25) is 0 Å². The number of rotatable bonds is 5. The van der Waals surface area contributed by atoms with Gasteiger partial charge in [0.1, 0.15) is 0 Å². The van der Waals surface area contributed by atoms with Crippen molar-refractivity contribution in [1.82, 2.24) is 10.1 Å². The zero-order valence-electron chi connectivity index (χ0n) is 10.4. The van der Waals surface area contributed by atoms with Crippen LogP contribution in [0.4, 0.5) is 0 Å². The van der Waals surface area contributed by atoms with Gasteiger partial charge in [0.15, 0.2) is 5.82 Å². The quantitative estimate of drug-likeness (QED) is 0.877. The van der Waals surface area contributed by atoms with Crippen molar-refractivity contribution in [2.75, 3.05) is 5.75 Å². The van der Waals surface area contributed by atoms with Gasteiger partial charge in [0.25, 0.3) is 0 Å². The minimum Gasteiger partial charge on any atom is -0.393 e. The van der Waals surface area contributed by atoms with E-state index in [1.807, 2.05) is 11.8 Å². The van der Waals surface area contributed by atoms with E-state index in [2.05, 4.69) is 24.0 Å². The van der Waals surface area contributed by atoms with Crippen molar-refractivity contribution in [1.29, 1.82) is 0 Å². The summed E-state index contributed by atoms with van der Waals surface area (Å²) in [4.78, 5) is 4.38. The molecule has 2 heterocycles. The van der Waals surface area contributed by atoms with Gasteiger partial charge in [-0.25, -0.2) is 0 Å². The maximum absolute atomic E-state index is 9.81. The summed E-state index contributed by atoms with van der Waals surface area (Å²) in [6.07, 6.45) is 3.24. The first kappa shape index (κ1) is 12.9. The molecule has 1 aromatic rings. The molecule has 0 saturated carbocycles. The van der Waals surface area contributed by atoms with Crippen molar-refractivity contribution in [3.63, 3.8) is 0 Å². The summed E-state index contributed by atoms with van der Waals surface area (Å²) in [6, 6.07) is 0. The molecule has 1 N–H and O–H groups in total. The van der Waals surface area contributed by atoms with Gasteiger partial charge in [-0.2, -0.15) is 16.7 Å². The van der Waals surface area contributed by atoms with Gasteiger partial charge in [-0.15, -0.1) is 0 Å². The van der Waals surface area contributed by atoms with Gasteiger partial charge < -0.3 is 9.63 Å². The summed E-state index contributed by atoms with van der Waals surface area (Å²) in [5.41, 5.74) is 0. The maximum atomic E-state index is 9.81. The monoisotopic (exact) mass is 256 g/mol. The highest BCUT2D eigenvalue weighted by Gasteiger charge is 2.23. The third-order valence-electron chi connectivity index (χ3n) is 2.86. The minimum absolute atomic E-state index is 0.375. The largest absolute Gasteiger partial charge is 0.393 e. The second kappa shape index (κ2) is 5.87. The van der Waals surface area contributed by atoms with Gasteiger partial charge in [-0.1, -0.05) is 19.0 Å². The third-order valence-corrected chi connectivity index (χ3v) is 4.23. The average molecular weight is 256 g/mol. The van der Waals surface area contributed by atoms with Gasteiger partial charge in [0.2, 0.25) is 5.89 Å². The van der Waals surface area contributed by atoms with Crippen LogP contribution >= 0.6 is 11.8 Å². The molecule has 2 atom stereocenters. The molecule has 4 nitrogen and oxygen atoms in total. The summed E-state index contributed by atoms with van der Waals surface area (Å²) >= 11 is 1.89. The number of hydrogen-bond acceptors (Lipinski definition) is 5. The van der Waals surface area contributed by atoms with Crippen molar-refractivity contribution in [3.05, 3.63) is 11.7 Å². The Kier molecular flexibility index (Phi) is 4.45. The lowest BCUT2D eigenvalue weighted by atomic mass is 10.0. The smallest absolute Gasteiger partial charge is 0.229 e. The molecule has 1 saturated heterocycles. The second-order valence-corrected chi connectivity index (χ2v) is 6.35. The highest BCUT2D eigenvalue weighted by atomic mass is 32.2. The molecule has 0 bridgehead atoms. The van der Waals surface area contributed by atoms with E-state index >= 15 is 0 Å². The molecule has 0 aliphatic carbocycles. The molecule has 17 heavy (non-hydrogen) atoms. The highest BCUT2D eigenvalue weighted by molar-refractivity contribution is 7.99. The number of nitrogens with zero attached hydrogens (tertiary/aromatic N) is 2. The molecule has 96 valence electrons. The SMILES string of the molecule is CC(C)CC(O)Cc1nc(C2CCCS2)no1. The Bertz CT molecular complexity index is 348. The average Bonchev–Trinajstić information content (AvgIpc) is 2.84. The van der Waals surface area contributed by atoms with E-state index in [4.69, 9.17) is 4.52 Å². The lowest BCUT2D eigenvalue weighted by molar-refractivity contribution is 0.138. The number of aromatic nitrogens is 2. The first-order valence-corrected chi connectivity index (χ1v) is 7.32. The van der Waals surface area contributed by atoms with Gasteiger partial charge in [0.05, 0.1) is 17.8 Å². The van der Waals surface area contributed by atoms with Crippen molar-refractivity contribution in [2.24, 2.45) is 5.92 Å². The first-order chi connectivity index (χ1) is 8.15. The molecular weight excluding hydrogens is 236 g/mol. The molecule has 0 aromatic carbocycles. The third kappa shape index (κ3) is 3.71. The molecule has 1 aliphatic rings. The van der Waals surface area contributed by atoms with Crippen LogP contribution in [-0.4, -0.2) is 27.1 Å². The summed E-state index contributed by atoms with van der Waals surface area (Å²) < 4.78 is 5.19. The minimum atomic E-state index is -0.375. The number of thioether (sulfide) groups is 1. The Balaban J connectivity index is 1.89. The summed E-state index contributed by atoms with van der Waals surface area (Å²) in [7, 11) is 0. The molecule has 1 fully saturated rings. The summed E-state index contributed by atoms with van der Waals surface area (Å²) in [5, 5.41) is 14.2. The first-order valence-electron chi connectivity index (χ1n) is 6.27. The van der Waals surface area contributed by atoms with E-state index in [9.17, 15) is 5.11 Å². The predicted octanol–water partition coefficient (Wildman–Crippen LogP) is 2.59. The van der Waals surface area contributed by atoms with Crippen molar-refractivity contribution < 1.29 is 9.63 Å². The molecule has 2 rings (SSSR count). The lowest BCUT2D eigenvalue weighted by Crippen LogP contribution is -2.13. The van der Waals surface area contributed by atoms with Crippen LogP contribution < -0.4 is 0 Å². The molecular formula is C12H20N2O2S. The van der Waals surface area contributed by atoms with E-state index < -0.39 is 0 Å². The normalized spacial score (nSPS) is 22.2. The molecule has 1 aliphatic heterocycles. The molecule has 0 radical (unpaired) electrons. The van der Waals surface area contributed by atoms with Crippen LogP contribution in [0, 0.1) is 5.92 Å².